The van der Waals surface area contributed by atoms with E-state index in [-0.39, 0.29) is 5.82 Å². The normalized spacial score (nSPS) is 10.2. The Morgan fingerprint density at radius 1 is 1.38 bits per heavy atom. The van der Waals surface area contributed by atoms with E-state index in [4.69, 9.17) is 0 Å². The Balaban J connectivity index is 2.19. The number of rotatable bonds is 2. The first kappa shape index (κ1) is 7.91. The average molecular weight is 178 g/mol. The van der Waals surface area contributed by atoms with Crippen molar-refractivity contribution in [2.24, 2.45) is 0 Å². The SMILES string of the molecule is Fc1cccc(Cc2ncon2)c1. The van der Waals surface area contributed by atoms with Crippen LogP contribution in [0, 0.1) is 5.82 Å². The van der Waals surface area contributed by atoms with Gasteiger partial charge in [0, 0.05) is 6.42 Å². The van der Waals surface area contributed by atoms with Crippen LogP contribution in [0.4, 0.5) is 4.39 Å². The summed E-state index contributed by atoms with van der Waals surface area (Å²) in [5.74, 6) is 0.312. The van der Waals surface area contributed by atoms with Crippen LogP contribution in [0.5, 0.6) is 0 Å². The molecule has 3 nitrogen and oxygen atoms in total. The Morgan fingerprint density at radius 2 is 2.31 bits per heavy atom. The summed E-state index contributed by atoms with van der Waals surface area (Å²) in [6.45, 7) is 0. The van der Waals surface area contributed by atoms with Crippen LogP contribution < -0.4 is 0 Å². The van der Waals surface area contributed by atoms with Gasteiger partial charge in [0.1, 0.15) is 5.82 Å². The van der Waals surface area contributed by atoms with Crippen molar-refractivity contribution in [3.8, 4) is 0 Å². The zero-order valence-corrected chi connectivity index (χ0v) is 6.77. The Bertz CT molecular complexity index is 386. The molecule has 1 heterocycles. The standard InChI is InChI=1S/C9H7FN2O/c10-8-3-1-2-7(4-8)5-9-11-6-13-12-9/h1-4,6H,5H2. The smallest absolute Gasteiger partial charge is 0.213 e. The zero-order chi connectivity index (χ0) is 9.10. The first-order valence-electron chi connectivity index (χ1n) is 3.84. The molecule has 0 saturated carbocycles. The molecule has 2 aromatic rings. The van der Waals surface area contributed by atoms with Crippen molar-refractivity contribution >= 4 is 0 Å². The van der Waals surface area contributed by atoms with Crippen molar-refractivity contribution in [2.75, 3.05) is 0 Å². The van der Waals surface area contributed by atoms with Gasteiger partial charge in [-0.15, -0.1) is 0 Å². The second kappa shape index (κ2) is 3.35. The van der Waals surface area contributed by atoms with Crippen molar-refractivity contribution in [3.05, 3.63) is 47.9 Å². The molecule has 13 heavy (non-hydrogen) atoms. The summed E-state index contributed by atoms with van der Waals surface area (Å²) >= 11 is 0. The van der Waals surface area contributed by atoms with E-state index in [9.17, 15) is 4.39 Å². The lowest BCUT2D eigenvalue weighted by Crippen LogP contribution is -1.90. The second-order valence-corrected chi connectivity index (χ2v) is 2.65. The van der Waals surface area contributed by atoms with Crippen molar-refractivity contribution in [1.29, 1.82) is 0 Å². The molecule has 0 atom stereocenters. The molecular weight excluding hydrogens is 171 g/mol. The summed E-state index contributed by atoms with van der Waals surface area (Å²) < 4.78 is 17.3. The molecule has 2 rings (SSSR count). The van der Waals surface area contributed by atoms with Gasteiger partial charge in [0.25, 0.3) is 0 Å². The maximum absolute atomic E-state index is 12.7. The quantitative estimate of drug-likeness (QED) is 0.703. The van der Waals surface area contributed by atoms with Crippen molar-refractivity contribution in [2.45, 2.75) is 6.42 Å². The summed E-state index contributed by atoms with van der Waals surface area (Å²) in [7, 11) is 0. The van der Waals surface area contributed by atoms with Crippen molar-refractivity contribution in [3.63, 3.8) is 0 Å². The zero-order valence-electron chi connectivity index (χ0n) is 6.77. The molecule has 1 aromatic carbocycles. The molecule has 0 aliphatic rings. The van der Waals surface area contributed by atoms with Crippen LogP contribution in [-0.4, -0.2) is 10.1 Å². The van der Waals surface area contributed by atoms with Crippen LogP contribution in [0.3, 0.4) is 0 Å². The fourth-order valence-electron chi connectivity index (χ4n) is 1.10. The fraction of sp³-hybridized carbons (Fsp3) is 0.111. The number of aromatic nitrogens is 2. The minimum absolute atomic E-state index is 0.249. The van der Waals surface area contributed by atoms with Crippen LogP contribution in [0.15, 0.2) is 35.2 Å². The fourth-order valence-corrected chi connectivity index (χ4v) is 1.10. The molecule has 0 spiro atoms. The predicted octanol–water partition coefficient (Wildman–Crippen LogP) is 1.80. The molecule has 1 aromatic heterocycles. The van der Waals surface area contributed by atoms with Gasteiger partial charge < -0.3 is 4.52 Å². The molecule has 66 valence electrons. The summed E-state index contributed by atoms with van der Waals surface area (Å²) in [5.41, 5.74) is 0.835. The monoisotopic (exact) mass is 178 g/mol. The summed E-state index contributed by atoms with van der Waals surface area (Å²) in [4.78, 5) is 3.84. The molecule has 0 N–H and O–H groups in total. The number of halogens is 1. The van der Waals surface area contributed by atoms with E-state index in [0.29, 0.717) is 12.2 Å². The molecule has 0 aliphatic heterocycles. The van der Waals surface area contributed by atoms with Gasteiger partial charge in [-0.1, -0.05) is 17.3 Å². The highest BCUT2D eigenvalue weighted by atomic mass is 19.1. The van der Waals surface area contributed by atoms with Gasteiger partial charge >= 0.3 is 0 Å². The minimum Gasteiger partial charge on any atom is -0.343 e. The van der Waals surface area contributed by atoms with E-state index < -0.39 is 0 Å². The van der Waals surface area contributed by atoms with Gasteiger partial charge in [-0.2, -0.15) is 4.98 Å². The molecule has 0 fully saturated rings. The molecular formula is C9H7FN2O. The number of nitrogens with zero attached hydrogens (tertiary/aromatic N) is 2. The van der Waals surface area contributed by atoms with Crippen molar-refractivity contribution in [1.82, 2.24) is 10.1 Å². The lowest BCUT2D eigenvalue weighted by atomic mass is 10.1. The van der Waals surface area contributed by atoms with Crippen LogP contribution in [0.2, 0.25) is 0 Å². The third kappa shape index (κ3) is 1.90. The van der Waals surface area contributed by atoms with Gasteiger partial charge in [-0.05, 0) is 17.7 Å². The van der Waals surface area contributed by atoms with Crippen LogP contribution >= 0.6 is 0 Å². The highest BCUT2D eigenvalue weighted by molar-refractivity contribution is 5.19. The number of hydrogen-bond donors (Lipinski definition) is 0. The first-order valence-corrected chi connectivity index (χ1v) is 3.84. The largest absolute Gasteiger partial charge is 0.343 e. The maximum atomic E-state index is 12.7. The topological polar surface area (TPSA) is 38.9 Å². The van der Waals surface area contributed by atoms with Crippen molar-refractivity contribution < 1.29 is 8.91 Å². The molecule has 0 bridgehead atoms. The van der Waals surface area contributed by atoms with Crippen LogP contribution in [0.25, 0.3) is 0 Å². The van der Waals surface area contributed by atoms with Crippen LogP contribution in [-0.2, 0) is 6.42 Å². The van der Waals surface area contributed by atoms with E-state index in [0.717, 1.165) is 5.56 Å². The van der Waals surface area contributed by atoms with Gasteiger partial charge in [-0.25, -0.2) is 4.39 Å². The first-order chi connectivity index (χ1) is 6.34. The summed E-state index contributed by atoms with van der Waals surface area (Å²) in [5, 5.41) is 3.63. The van der Waals surface area contributed by atoms with E-state index in [1.807, 2.05) is 6.07 Å². The molecule has 0 unspecified atom stereocenters. The summed E-state index contributed by atoms with van der Waals surface area (Å²) in [6.07, 6.45) is 1.75. The summed E-state index contributed by atoms with van der Waals surface area (Å²) in [6, 6.07) is 6.33. The average Bonchev–Trinajstić information content (AvgIpc) is 2.57. The van der Waals surface area contributed by atoms with Gasteiger partial charge in [0.2, 0.25) is 6.39 Å². The highest BCUT2D eigenvalue weighted by Crippen LogP contribution is 2.07. The minimum atomic E-state index is -0.249. The van der Waals surface area contributed by atoms with Gasteiger partial charge in [-0.3, -0.25) is 0 Å². The number of hydrogen-bond acceptors (Lipinski definition) is 3. The highest BCUT2D eigenvalue weighted by Gasteiger charge is 2.01. The van der Waals surface area contributed by atoms with Gasteiger partial charge in [0.05, 0.1) is 0 Å². The lowest BCUT2D eigenvalue weighted by molar-refractivity contribution is 0.411. The Morgan fingerprint density at radius 3 is 3.00 bits per heavy atom. The van der Waals surface area contributed by atoms with E-state index in [1.165, 1.54) is 18.5 Å². The molecule has 0 aliphatic carbocycles. The Labute approximate surface area is 74.2 Å². The predicted molar refractivity (Wildman–Crippen MR) is 43.5 cm³/mol. The lowest BCUT2D eigenvalue weighted by Gasteiger charge is -1.95. The molecule has 4 heteroatoms. The molecule has 0 saturated heterocycles. The van der Waals surface area contributed by atoms with Crippen LogP contribution in [0.1, 0.15) is 11.4 Å². The van der Waals surface area contributed by atoms with E-state index >= 15 is 0 Å². The molecule has 0 radical (unpaired) electrons. The third-order valence-electron chi connectivity index (χ3n) is 1.66. The van der Waals surface area contributed by atoms with Gasteiger partial charge in [0.15, 0.2) is 5.82 Å². The number of benzene rings is 1. The van der Waals surface area contributed by atoms with E-state index in [1.54, 1.807) is 6.07 Å². The third-order valence-corrected chi connectivity index (χ3v) is 1.66. The Hall–Kier alpha value is -1.71. The molecule has 0 amide bonds. The van der Waals surface area contributed by atoms with E-state index in [2.05, 4.69) is 14.7 Å². The Kier molecular flexibility index (Phi) is 2.04. The maximum Gasteiger partial charge on any atom is 0.213 e. The second-order valence-electron chi connectivity index (χ2n) is 2.65.